The van der Waals surface area contributed by atoms with Gasteiger partial charge in [0.15, 0.2) is 5.82 Å². The van der Waals surface area contributed by atoms with E-state index in [1.54, 1.807) is 6.21 Å². The van der Waals surface area contributed by atoms with Crippen molar-refractivity contribution in [2.75, 3.05) is 5.73 Å². The summed E-state index contributed by atoms with van der Waals surface area (Å²) in [5, 5.41) is 0. The first-order chi connectivity index (χ1) is 5.75. The van der Waals surface area contributed by atoms with Crippen LogP contribution in [0.2, 0.25) is 0 Å². The van der Waals surface area contributed by atoms with Crippen LogP contribution in [-0.4, -0.2) is 16.2 Å². The first-order valence-corrected chi connectivity index (χ1v) is 3.85. The molecular weight excluding hydrogens is 152 g/mol. The Labute approximate surface area is 71.6 Å². The predicted octanol–water partition coefficient (Wildman–Crippen LogP) is 1.48. The minimum Gasteiger partial charge on any atom is -0.382 e. The average molecular weight is 164 g/mol. The van der Waals surface area contributed by atoms with Crippen LogP contribution >= 0.6 is 0 Å². The highest BCUT2D eigenvalue weighted by Crippen LogP contribution is 2.20. The van der Waals surface area contributed by atoms with Crippen LogP contribution in [0.5, 0.6) is 0 Å². The molecule has 0 saturated carbocycles. The summed E-state index contributed by atoms with van der Waals surface area (Å²) >= 11 is 0. The zero-order valence-corrected chi connectivity index (χ0v) is 7.28. The number of hydrogen-bond acceptors (Lipinski definition) is 4. The fourth-order valence-electron chi connectivity index (χ4n) is 0.827. The van der Waals surface area contributed by atoms with Crippen LogP contribution in [-0.2, 0) is 0 Å². The lowest BCUT2D eigenvalue weighted by atomic mass is 10.3. The fourth-order valence-corrected chi connectivity index (χ4v) is 0.827. The first kappa shape index (κ1) is 8.64. The maximum absolute atomic E-state index is 5.60. The van der Waals surface area contributed by atoms with Gasteiger partial charge in [0.1, 0.15) is 12.0 Å². The summed E-state index contributed by atoms with van der Waals surface area (Å²) in [5.41, 5.74) is 7.09. The van der Waals surface area contributed by atoms with E-state index < -0.39 is 0 Å². The fraction of sp³-hybridized carbons (Fsp3) is 0.375. The van der Waals surface area contributed by atoms with E-state index in [9.17, 15) is 0 Å². The molecule has 1 heterocycles. The average Bonchev–Trinajstić information content (AvgIpc) is 2.04. The number of nitrogens with two attached hydrogens (primary N) is 1. The highest BCUT2D eigenvalue weighted by Gasteiger charge is 2.01. The van der Waals surface area contributed by atoms with Gasteiger partial charge in [0.25, 0.3) is 0 Å². The molecule has 0 aliphatic rings. The molecule has 64 valence electrons. The molecule has 0 aliphatic carbocycles. The quantitative estimate of drug-likeness (QED) is 0.673. The number of rotatable bonds is 2. The van der Waals surface area contributed by atoms with Gasteiger partial charge in [0.05, 0.1) is 5.69 Å². The molecule has 2 N–H and O–H groups in total. The minimum absolute atomic E-state index is 0.437. The molecule has 0 saturated heterocycles. The summed E-state index contributed by atoms with van der Waals surface area (Å²) in [6.45, 7) is 3.87. The van der Waals surface area contributed by atoms with Gasteiger partial charge in [-0.3, -0.25) is 4.99 Å². The largest absolute Gasteiger partial charge is 0.382 e. The topological polar surface area (TPSA) is 64.2 Å². The zero-order chi connectivity index (χ0) is 8.97. The van der Waals surface area contributed by atoms with Gasteiger partial charge in [-0.1, -0.05) is 6.92 Å². The van der Waals surface area contributed by atoms with Crippen molar-refractivity contribution in [3.8, 4) is 0 Å². The lowest BCUT2D eigenvalue weighted by molar-refractivity contribution is 1.10. The van der Waals surface area contributed by atoms with Crippen LogP contribution in [0.4, 0.5) is 11.5 Å². The molecule has 4 nitrogen and oxygen atoms in total. The Hall–Kier alpha value is -1.45. The molecule has 0 spiro atoms. The van der Waals surface area contributed by atoms with Crippen molar-refractivity contribution >= 4 is 17.7 Å². The highest BCUT2D eigenvalue weighted by molar-refractivity contribution is 5.69. The van der Waals surface area contributed by atoms with Crippen molar-refractivity contribution in [2.24, 2.45) is 4.99 Å². The second kappa shape index (κ2) is 3.80. The van der Waals surface area contributed by atoms with Crippen LogP contribution in [0.1, 0.15) is 19.0 Å². The maximum Gasteiger partial charge on any atom is 0.153 e. The summed E-state index contributed by atoms with van der Waals surface area (Å²) in [6.07, 6.45) is 4.12. The van der Waals surface area contributed by atoms with Crippen molar-refractivity contribution in [3.63, 3.8) is 0 Å². The van der Waals surface area contributed by atoms with Gasteiger partial charge in [-0.15, -0.1) is 0 Å². The standard InChI is InChI=1S/C8H12N4/c1-3-4-10-7-6(2)11-5-12-8(7)9/h4-5H,3H2,1-2H3,(H2,9,11,12). The number of aromatic nitrogens is 2. The number of hydrogen-bond donors (Lipinski definition) is 1. The summed E-state index contributed by atoms with van der Waals surface area (Å²) in [6, 6.07) is 0. The van der Waals surface area contributed by atoms with E-state index in [1.807, 2.05) is 13.8 Å². The van der Waals surface area contributed by atoms with E-state index >= 15 is 0 Å². The molecule has 1 rings (SSSR count). The van der Waals surface area contributed by atoms with Crippen molar-refractivity contribution in [1.29, 1.82) is 0 Å². The van der Waals surface area contributed by atoms with Gasteiger partial charge in [0.2, 0.25) is 0 Å². The predicted molar refractivity (Wildman–Crippen MR) is 49.6 cm³/mol. The summed E-state index contributed by atoms with van der Waals surface area (Å²) in [7, 11) is 0. The van der Waals surface area contributed by atoms with E-state index in [-0.39, 0.29) is 0 Å². The Morgan fingerprint density at radius 3 is 2.92 bits per heavy atom. The smallest absolute Gasteiger partial charge is 0.153 e. The number of aryl methyl sites for hydroxylation is 1. The summed E-state index contributed by atoms with van der Waals surface area (Å²) in [4.78, 5) is 12.0. The monoisotopic (exact) mass is 164 g/mol. The Balaban J connectivity index is 3.04. The molecular formula is C8H12N4. The second-order valence-electron chi connectivity index (χ2n) is 2.41. The van der Waals surface area contributed by atoms with E-state index in [4.69, 9.17) is 5.73 Å². The molecule has 0 atom stereocenters. The van der Waals surface area contributed by atoms with Gasteiger partial charge in [-0.2, -0.15) is 0 Å². The number of nitrogen functional groups attached to an aromatic ring is 1. The summed E-state index contributed by atoms with van der Waals surface area (Å²) < 4.78 is 0. The third kappa shape index (κ3) is 1.78. The molecule has 1 aromatic rings. The lowest BCUT2D eigenvalue weighted by Crippen LogP contribution is -1.94. The Kier molecular flexibility index (Phi) is 2.74. The third-order valence-electron chi connectivity index (χ3n) is 1.44. The van der Waals surface area contributed by atoms with Crippen molar-refractivity contribution in [3.05, 3.63) is 12.0 Å². The Morgan fingerprint density at radius 1 is 1.58 bits per heavy atom. The summed E-state index contributed by atoms with van der Waals surface area (Å²) in [5.74, 6) is 0.437. The van der Waals surface area contributed by atoms with Crippen molar-refractivity contribution in [2.45, 2.75) is 20.3 Å². The minimum atomic E-state index is 0.437. The van der Waals surface area contributed by atoms with Crippen LogP contribution < -0.4 is 5.73 Å². The molecule has 0 unspecified atom stereocenters. The zero-order valence-electron chi connectivity index (χ0n) is 7.28. The van der Waals surface area contributed by atoms with Gasteiger partial charge >= 0.3 is 0 Å². The molecule has 0 aromatic carbocycles. The van der Waals surface area contributed by atoms with E-state index in [2.05, 4.69) is 15.0 Å². The van der Waals surface area contributed by atoms with Crippen LogP contribution in [0.25, 0.3) is 0 Å². The second-order valence-corrected chi connectivity index (χ2v) is 2.41. The third-order valence-corrected chi connectivity index (χ3v) is 1.44. The molecule has 0 aliphatic heterocycles. The van der Waals surface area contributed by atoms with E-state index in [0.717, 1.165) is 12.1 Å². The van der Waals surface area contributed by atoms with Gasteiger partial charge < -0.3 is 5.73 Å². The van der Waals surface area contributed by atoms with Crippen LogP contribution in [0.3, 0.4) is 0 Å². The number of aliphatic imine (C=N–C) groups is 1. The molecule has 12 heavy (non-hydrogen) atoms. The van der Waals surface area contributed by atoms with Gasteiger partial charge in [-0.05, 0) is 13.3 Å². The van der Waals surface area contributed by atoms with Gasteiger partial charge in [-0.25, -0.2) is 9.97 Å². The molecule has 4 heteroatoms. The Bertz CT molecular complexity index is 273. The molecule has 0 fully saturated rings. The normalized spacial score (nSPS) is 10.8. The Morgan fingerprint density at radius 2 is 2.33 bits per heavy atom. The number of anilines is 1. The lowest BCUT2D eigenvalue weighted by Gasteiger charge is -2.00. The van der Waals surface area contributed by atoms with Crippen LogP contribution in [0.15, 0.2) is 11.3 Å². The van der Waals surface area contributed by atoms with Crippen molar-refractivity contribution in [1.82, 2.24) is 9.97 Å². The molecule has 0 radical (unpaired) electrons. The highest BCUT2D eigenvalue weighted by atomic mass is 15.0. The van der Waals surface area contributed by atoms with Crippen molar-refractivity contribution < 1.29 is 0 Å². The van der Waals surface area contributed by atoms with E-state index in [0.29, 0.717) is 11.5 Å². The van der Waals surface area contributed by atoms with Gasteiger partial charge in [0, 0.05) is 6.21 Å². The van der Waals surface area contributed by atoms with E-state index in [1.165, 1.54) is 6.33 Å². The molecule has 1 aromatic heterocycles. The van der Waals surface area contributed by atoms with Crippen LogP contribution in [0, 0.1) is 6.92 Å². The first-order valence-electron chi connectivity index (χ1n) is 3.85. The SMILES string of the molecule is CCC=Nc1c(C)ncnc1N. The number of nitrogens with zero attached hydrogens (tertiary/aromatic N) is 3. The maximum atomic E-state index is 5.60. The molecule has 0 bridgehead atoms. The molecule has 0 amide bonds.